The average molecular weight is 481 g/mol. The number of likely N-dealkylation sites (tertiary alicyclic amines) is 1. The molecule has 0 bridgehead atoms. The number of hydrogen-bond donors (Lipinski definition) is 2. The summed E-state index contributed by atoms with van der Waals surface area (Å²) < 4.78 is 10.7. The maximum atomic E-state index is 12.7. The molecule has 0 spiro atoms. The SMILES string of the molecule is COCC1(C(=O)O)CCN(C(=O)CC(C)NC(=O)OCC2c3ccccc3-c3ccccc32)CC1. The van der Waals surface area contributed by atoms with Crippen LogP contribution in [0.3, 0.4) is 0 Å². The molecule has 2 amide bonds. The van der Waals surface area contributed by atoms with Crippen molar-refractivity contribution in [2.45, 2.75) is 38.1 Å². The van der Waals surface area contributed by atoms with Crippen molar-refractivity contribution in [2.24, 2.45) is 5.41 Å². The van der Waals surface area contributed by atoms with E-state index in [2.05, 4.69) is 29.6 Å². The van der Waals surface area contributed by atoms with E-state index in [-0.39, 0.29) is 31.5 Å². The highest BCUT2D eigenvalue weighted by Crippen LogP contribution is 2.44. The zero-order chi connectivity index (χ0) is 25.0. The molecule has 1 atom stereocenters. The lowest BCUT2D eigenvalue weighted by Gasteiger charge is -2.38. The highest BCUT2D eigenvalue weighted by Gasteiger charge is 2.42. The van der Waals surface area contributed by atoms with E-state index in [4.69, 9.17) is 9.47 Å². The van der Waals surface area contributed by atoms with Gasteiger partial charge in [0.05, 0.1) is 12.0 Å². The molecule has 2 aromatic carbocycles. The standard InChI is InChI=1S/C27H32N2O6/c1-18(15-24(30)29-13-11-27(12-14-29,17-34-2)25(31)32)28-26(33)35-16-23-21-9-5-3-7-19(21)20-8-4-6-10-22(20)23/h3-10,18,23H,11-17H2,1-2H3,(H,28,33)(H,31,32). The van der Waals surface area contributed by atoms with Crippen LogP contribution in [0.2, 0.25) is 0 Å². The Balaban J connectivity index is 1.27. The maximum Gasteiger partial charge on any atom is 0.407 e. The highest BCUT2D eigenvalue weighted by molar-refractivity contribution is 5.80. The van der Waals surface area contributed by atoms with E-state index < -0.39 is 23.5 Å². The Labute approximate surface area is 205 Å². The number of nitrogens with one attached hydrogen (secondary N) is 1. The van der Waals surface area contributed by atoms with E-state index in [9.17, 15) is 19.5 Å². The second kappa shape index (κ2) is 10.5. The molecule has 1 aliphatic heterocycles. The Hall–Kier alpha value is -3.39. The fourth-order valence-electron chi connectivity index (χ4n) is 5.16. The molecule has 1 aliphatic carbocycles. The minimum Gasteiger partial charge on any atom is -0.481 e. The van der Waals surface area contributed by atoms with E-state index in [1.807, 2.05) is 24.3 Å². The third-order valence-corrected chi connectivity index (χ3v) is 7.14. The molecule has 35 heavy (non-hydrogen) atoms. The molecule has 1 unspecified atom stereocenters. The van der Waals surface area contributed by atoms with Crippen LogP contribution in [0.25, 0.3) is 11.1 Å². The summed E-state index contributed by atoms with van der Waals surface area (Å²) in [5, 5.41) is 12.3. The van der Waals surface area contributed by atoms with Crippen LogP contribution in [0.5, 0.6) is 0 Å². The van der Waals surface area contributed by atoms with Gasteiger partial charge in [-0.25, -0.2) is 4.79 Å². The monoisotopic (exact) mass is 480 g/mol. The van der Waals surface area contributed by atoms with Gasteiger partial charge in [0.1, 0.15) is 6.61 Å². The largest absolute Gasteiger partial charge is 0.481 e. The molecule has 1 heterocycles. The van der Waals surface area contributed by atoms with Crippen molar-refractivity contribution in [1.82, 2.24) is 10.2 Å². The van der Waals surface area contributed by atoms with Gasteiger partial charge in [0.25, 0.3) is 0 Å². The lowest BCUT2D eigenvalue weighted by Crippen LogP contribution is -2.49. The molecule has 8 nitrogen and oxygen atoms in total. The lowest BCUT2D eigenvalue weighted by molar-refractivity contribution is -0.158. The van der Waals surface area contributed by atoms with Gasteiger partial charge in [-0.15, -0.1) is 0 Å². The summed E-state index contributed by atoms with van der Waals surface area (Å²) in [6.45, 7) is 2.81. The molecule has 1 fully saturated rings. The smallest absolute Gasteiger partial charge is 0.407 e. The van der Waals surface area contributed by atoms with Gasteiger partial charge in [-0.2, -0.15) is 0 Å². The summed E-state index contributed by atoms with van der Waals surface area (Å²) >= 11 is 0. The van der Waals surface area contributed by atoms with E-state index >= 15 is 0 Å². The highest BCUT2D eigenvalue weighted by atomic mass is 16.5. The first-order valence-electron chi connectivity index (χ1n) is 12.0. The number of carbonyl (C=O) groups excluding carboxylic acids is 2. The minimum absolute atomic E-state index is 0.0277. The molecule has 0 radical (unpaired) electrons. The van der Waals surface area contributed by atoms with Gasteiger partial charge in [-0.3, -0.25) is 9.59 Å². The number of carboxylic acids is 1. The predicted molar refractivity (Wildman–Crippen MR) is 130 cm³/mol. The van der Waals surface area contributed by atoms with Crippen molar-refractivity contribution in [3.05, 3.63) is 59.7 Å². The average Bonchev–Trinajstić information content (AvgIpc) is 3.17. The molecule has 8 heteroatoms. The van der Waals surface area contributed by atoms with Gasteiger partial charge in [0.15, 0.2) is 0 Å². The Bertz CT molecular complexity index is 1050. The van der Waals surface area contributed by atoms with Gasteiger partial charge in [-0.1, -0.05) is 48.5 Å². The zero-order valence-corrected chi connectivity index (χ0v) is 20.2. The number of aliphatic carboxylic acids is 1. The fraction of sp³-hybridized carbons (Fsp3) is 0.444. The summed E-state index contributed by atoms with van der Waals surface area (Å²) in [5.41, 5.74) is 3.66. The first kappa shape index (κ1) is 24.7. The summed E-state index contributed by atoms with van der Waals surface area (Å²) in [5.74, 6) is -1.04. The number of nitrogens with zero attached hydrogens (tertiary/aromatic N) is 1. The summed E-state index contributed by atoms with van der Waals surface area (Å²) in [6, 6.07) is 15.9. The topological polar surface area (TPSA) is 105 Å². The molecule has 4 rings (SSSR count). The molecule has 0 aromatic heterocycles. The molecule has 2 N–H and O–H groups in total. The van der Waals surface area contributed by atoms with Crippen LogP contribution in [-0.2, 0) is 19.1 Å². The van der Waals surface area contributed by atoms with Crippen molar-refractivity contribution >= 4 is 18.0 Å². The van der Waals surface area contributed by atoms with E-state index in [1.54, 1.807) is 11.8 Å². The molecule has 2 aliphatic rings. The van der Waals surface area contributed by atoms with Crippen LogP contribution < -0.4 is 5.32 Å². The summed E-state index contributed by atoms with van der Waals surface area (Å²) in [4.78, 5) is 38.6. The van der Waals surface area contributed by atoms with Gasteiger partial charge in [0, 0.05) is 38.6 Å². The van der Waals surface area contributed by atoms with Crippen LogP contribution in [0.4, 0.5) is 4.79 Å². The fourth-order valence-corrected chi connectivity index (χ4v) is 5.16. The number of benzene rings is 2. The van der Waals surface area contributed by atoms with Crippen LogP contribution in [0.1, 0.15) is 43.2 Å². The quantitative estimate of drug-likeness (QED) is 0.598. The Kier molecular flexibility index (Phi) is 7.40. The Morgan fingerprint density at radius 3 is 2.17 bits per heavy atom. The summed E-state index contributed by atoms with van der Waals surface area (Å²) in [7, 11) is 1.49. The van der Waals surface area contributed by atoms with Crippen LogP contribution in [0, 0.1) is 5.41 Å². The van der Waals surface area contributed by atoms with Gasteiger partial charge in [-0.05, 0) is 42.0 Å². The molecular formula is C27H32N2O6. The third-order valence-electron chi connectivity index (χ3n) is 7.14. The molecule has 0 saturated carbocycles. The summed E-state index contributed by atoms with van der Waals surface area (Å²) in [6.07, 6.45) is 0.247. The maximum absolute atomic E-state index is 12.7. The van der Waals surface area contributed by atoms with Crippen LogP contribution in [0.15, 0.2) is 48.5 Å². The minimum atomic E-state index is -0.948. The second-order valence-electron chi connectivity index (χ2n) is 9.47. The van der Waals surface area contributed by atoms with E-state index in [0.29, 0.717) is 25.9 Å². The van der Waals surface area contributed by atoms with E-state index in [1.165, 1.54) is 7.11 Å². The second-order valence-corrected chi connectivity index (χ2v) is 9.47. The molecule has 186 valence electrons. The van der Waals surface area contributed by atoms with Crippen LogP contribution in [-0.4, -0.2) is 67.4 Å². The number of alkyl carbamates (subject to hydrolysis) is 1. The first-order chi connectivity index (χ1) is 16.8. The van der Waals surface area contributed by atoms with Crippen molar-refractivity contribution in [1.29, 1.82) is 0 Å². The van der Waals surface area contributed by atoms with Crippen LogP contribution >= 0.6 is 0 Å². The number of rotatable bonds is 8. The molecular weight excluding hydrogens is 448 g/mol. The number of methoxy groups -OCH3 is 1. The van der Waals surface area contributed by atoms with Crippen molar-refractivity contribution in [3.63, 3.8) is 0 Å². The number of carboxylic acid groups (broad SMARTS) is 1. The number of fused-ring (bicyclic) bond motifs is 3. The number of ether oxygens (including phenoxy) is 2. The van der Waals surface area contributed by atoms with Gasteiger partial charge >= 0.3 is 12.1 Å². The Morgan fingerprint density at radius 2 is 1.63 bits per heavy atom. The van der Waals surface area contributed by atoms with Gasteiger partial charge < -0.3 is 24.8 Å². The van der Waals surface area contributed by atoms with Crippen molar-refractivity contribution < 1.29 is 29.0 Å². The number of amides is 2. The first-order valence-corrected chi connectivity index (χ1v) is 12.0. The van der Waals surface area contributed by atoms with E-state index in [0.717, 1.165) is 22.3 Å². The molecule has 2 aromatic rings. The van der Waals surface area contributed by atoms with Crippen molar-refractivity contribution in [2.75, 3.05) is 33.4 Å². The lowest BCUT2D eigenvalue weighted by atomic mass is 9.79. The predicted octanol–water partition coefficient (Wildman–Crippen LogP) is 3.64. The van der Waals surface area contributed by atoms with Crippen molar-refractivity contribution in [3.8, 4) is 11.1 Å². The Morgan fingerprint density at radius 1 is 1.06 bits per heavy atom. The number of hydrogen-bond acceptors (Lipinski definition) is 5. The zero-order valence-electron chi connectivity index (χ0n) is 20.2. The van der Waals surface area contributed by atoms with Gasteiger partial charge in [0.2, 0.25) is 5.91 Å². The molecule has 1 saturated heterocycles. The third kappa shape index (κ3) is 5.17. The number of carbonyl (C=O) groups is 3. The number of piperidine rings is 1. The normalized spacial score (nSPS) is 17.3.